The molecule has 1 heterocycles. The Balaban J connectivity index is 1.63. The quantitative estimate of drug-likeness (QED) is 0.776. The van der Waals surface area contributed by atoms with Gasteiger partial charge >= 0.3 is 0 Å². The van der Waals surface area contributed by atoms with Gasteiger partial charge in [0, 0.05) is 18.5 Å². The zero-order valence-electron chi connectivity index (χ0n) is 16.4. The van der Waals surface area contributed by atoms with Crippen LogP contribution in [0.5, 0.6) is 0 Å². The fourth-order valence-corrected chi connectivity index (χ4v) is 3.67. The monoisotopic (exact) mass is 379 g/mol. The molecule has 0 bridgehead atoms. The summed E-state index contributed by atoms with van der Waals surface area (Å²) < 4.78 is 0. The summed E-state index contributed by atoms with van der Waals surface area (Å²) in [7, 11) is 0. The average Bonchev–Trinajstić information content (AvgIpc) is 2.73. The van der Waals surface area contributed by atoms with E-state index in [0.29, 0.717) is 18.9 Å². The van der Waals surface area contributed by atoms with Crippen LogP contribution in [0.25, 0.3) is 0 Å². The topological polar surface area (TPSA) is 71.1 Å². The molecule has 1 aromatic carbocycles. The van der Waals surface area contributed by atoms with Crippen molar-refractivity contribution in [2.45, 2.75) is 51.6 Å². The summed E-state index contributed by atoms with van der Waals surface area (Å²) in [4.78, 5) is 29.9. The third-order valence-electron chi connectivity index (χ3n) is 5.47. The molecule has 1 unspecified atom stereocenters. The van der Waals surface area contributed by atoms with Crippen LogP contribution in [0, 0.1) is 11.8 Å². The van der Waals surface area contributed by atoms with Crippen molar-refractivity contribution in [1.29, 1.82) is 0 Å². The molecule has 1 aromatic heterocycles. The molecule has 5 heteroatoms. The van der Waals surface area contributed by atoms with Crippen molar-refractivity contribution in [3.63, 3.8) is 0 Å². The average molecular weight is 380 g/mol. The normalized spacial score (nSPS) is 20.2. The van der Waals surface area contributed by atoms with Gasteiger partial charge < -0.3 is 10.6 Å². The largest absolute Gasteiger partial charge is 0.349 e. The van der Waals surface area contributed by atoms with Gasteiger partial charge in [-0.05, 0) is 49.3 Å². The highest BCUT2D eigenvalue weighted by Crippen LogP contribution is 2.28. The van der Waals surface area contributed by atoms with Crippen molar-refractivity contribution in [3.05, 3.63) is 66.0 Å². The molecule has 2 N–H and O–H groups in total. The summed E-state index contributed by atoms with van der Waals surface area (Å²) in [6, 6.07) is 14.8. The number of carbonyl (C=O) groups is 2. The maximum atomic E-state index is 12.8. The van der Waals surface area contributed by atoms with Gasteiger partial charge in [0.1, 0.15) is 6.04 Å². The SMILES string of the molecule is CC1CCC(C(=O)NC(Cc2ccccc2)C(=O)NCc2ccccn2)CC1. The van der Waals surface area contributed by atoms with E-state index < -0.39 is 6.04 Å². The van der Waals surface area contributed by atoms with Crippen LogP contribution in [-0.2, 0) is 22.6 Å². The minimum Gasteiger partial charge on any atom is -0.349 e. The molecule has 1 fully saturated rings. The number of carbonyl (C=O) groups excluding carboxylic acids is 2. The lowest BCUT2D eigenvalue weighted by atomic mass is 9.82. The summed E-state index contributed by atoms with van der Waals surface area (Å²) in [6.07, 6.45) is 6.14. The molecular formula is C23H29N3O2. The Bertz CT molecular complexity index is 756. The van der Waals surface area contributed by atoms with Crippen LogP contribution in [-0.4, -0.2) is 22.8 Å². The number of rotatable bonds is 7. The van der Waals surface area contributed by atoms with Crippen molar-refractivity contribution < 1.29 is 9.59 Å². The highest BCUT2D eigenvalue weighted by Gasteiger charge is 2.28. The van der Waals surface area contributed by atoms with E-state index in [1.165, 1.54) is 0 Å². The number of hydrogen-bond acceptors (Lipinski definition) is 3. The Morgan fingerprint density at radius 3 is 2.43 bits per heavy atom. The van der Waals surface area contributed by atoms with Gasteiger partial charge in [0.05, 0.1) is 12.2 Å². The van der Waals surface area contributed by atoms with E-state index in [9.17, 15) is 9.59 Å². The number of aromatic nitrogens is 1. The lowest BCUT2D eigenvalue weighted by Gasteiger charge is -2.27. The first-order chi connectivity index (χ1) is 13.6. The molecular weight excluding hydrogens is 350 g/mol. The molecule has 1 saturated carbocycles. The predicted octanol–water partition coefficient (Wildman–Crippen LogP) is 3.25. The molecule has 28 heavy (non-hydrogen) atoms. The van der Waals surface area contributed by atoms with Crippen LogP contribution in [0.1, 0.15) is 43.9 Å². The van der Waals surface area contributed by atoms with Gasteiger partial charge in [-0.15, -0.1) is 0 Å². The molecule has 0 saturated heterocycles. The third-order valence-corrected chi connectivity index (χ3v) is 5.47. The Morgan fingerprint density at radius 2 is 1.75 bits per heavy atom. The van der Waals surface area contributed by atoms with Gasteiger partial charge in [0.2, 0.25) is 11.8 Å². The van der Waals surface area contributed by atoms with Crippen LogP contribution >= 0.6 is 0 Å². The number of amides is 2. The van der Waals surface area contributed by atoms with Gasteiger partial charge in [0.15, 0.2) is 0 Å². The van der Waals surface area contributed by atoms with Gasteiger partial charge in [0.25, 0.3) is 0 Å². The minimum absolute atomic E-state index is 0.000757. The molecule has 0 aliphatic heterocycles. The first-order valence-electron chi connectivity index (χ1n) is 10.1. The van der Waals surface area contributed by atoms with E-state index in [2.05, 4.69) is 22.5 Å². The highest BCUT2D eigenvalue weighted by atomic mass is 16.2. The number of benzene rings is 1. The van der Waals surface area contributed by atoms with E-state index in [0.717, 1.165) is 36.9 Å². The number of hydrogen-bond donors (Lipinski definition) is 2. The molecule has 1 aliphatic carbocycles. The summed E-state index contributed by atoms with van der Waals surface area (Å²) in [5, 5.41) is 5.93. The van der Waals surface area contributed by atoms with Crippen LogP contribution in [0.15, 0.2) is 54.7 Å². The second-order valence-electron chi connectivity index (χ2n) is 7.75. The lowest BCUT2D eigenvalue weighted by molar-refractivity contribution is -0.132. The second kappa shape index (κ2) is 10.0. The molecule has 0 radical (unpaired) electrons. The maximum absolute atomic E-state index is 12.8. The van der Waals surface area contributed by atoms with E-state index in [1.807, 2.05) is 48.5 Å². The van der Waals surface area contributed by atoms with E-state index in [4.69, 9.17) is 0 Å². The van der Waals surface area contributed by atoms with Crippen LogP contribution in [0.2, 0.25) is 0 Å². The van der Waals surface area contributed by atoms with Crippen LogP contribution in [0.4, 0.5) is 0 Å². The summed E-state index contributed by atoms with van der Waals surface area (Å²) in [6.45, 7) is 2.58. The lowest BCUT2D eigenvalue weighted by Crippen LogP contribution is -2.49. The Hall–Kier alpha value is -2.69. The summed E-state index contributed by atoms with van der Waals surface area (Å²) >= 11 is 0. The first kappa shape index (κ1) is 20.1. The summed E-state index contributed by atoms with van der Waals surface area (Å²) in [5.74, 6) is 0.525. The van der Waals surface area contributed by atoms with E-state index in [1.54, 1.807) is 6.20 Å². The molecule has 1 aliphatic rings. The van der Waals surface area contributed by atoms with Crippen molar-refractivity contribution in [2.75, 3.05) is 0 Å². The molecule has 148 valence electrons. The fourth-order valence-electron chi connectivity index (χ4n) is 3.67. The molecule has 0 spiro atoms. The first-order valence-corrected chi connectivity index (χ1v) is 10.1. The molecule has 1 atom stereocenters. The number of pyridine rings is 1. The molecule has 2 aromatic rings. The minimum atomic E-state index is -0.585. The van der Waals surface area contributed by atoms with Crippen molar-refractivity contribution in [2.24, 2.45) is 11.8 Å². The standard InChI is InChI=1S/C23H29N3O2/c1-17-10-12-19(13-11-17)22(27)26-21(15-18-7-3-2-4-8-18)23(28)25-16-20-9-5-6-14-24-20/h2-9,14,17,19,21H,10-13,15-16H2,1H3,(H,25,28)(H,26,27). The molecule has 3 rings (SSSR count). The van der Waals surface area contributed by atoms with Gasteiger partial charge in [-0.25, -0.2) is 0 Å². The van der Waals surface area contributed by atoms with Crippen LogP contribution < -0.4 is 10.6 Å². The highest BCUT2D eigenvalue weighted by molar-refractivity contribution is 5.88. The van der Waals surface area contributed by atoms with Crippen molar-refractivity contribution >= 4 is 11.8 Å². The number of nitrogens with zero attached hydrogens (tertiary/aromatic N) is 1. The zero-order valence-corrected chi connectivity index (χ0v) is 16.4. The molecule has 2 amide bonds. The second-order valence-corrected chi connectivity index (χ2v) is 7.75. The summed E-state index contributed by atoms with van der Waals surface area (Å²) in [5.41, 5.74) is 1.82. The Kier molecular flexibility index (Phi) is 7.18. The Labute approximate surface area is 167 Å². The van der Waals surface area contributed by atoms with Gasteiger partial charge in [-0.3, -0.25) is 14.6 Å². The van der Waals surface area contributed by atoms with Gasteiger partial charge in [-0.2, -0.15) is 0 Å². The van der Waals surface area contributed by atoms with Gasteiger partial charge in [-0.1, -0.05) is 43.3 Å². The van der Waals surface area contributed by atoms with E-state index in [-0.39, 0.29) is 17.7 Å². The van der Waals surface area contributed by atoms with Crippen LogP contribution in [0.3, 0.4) is 0 Å². The van der Waals surface area contributed by atoms with Crippen molar-refractivity contribution in [1.82, 2.24) is 15.6 Å². The fraction of sp³-hybridized carbons (Fsp3) is 0.435. The number of nitrogens with one attached hydrogen (secondary N) is 2. The predicted molar refractivity (Wildman–Crippen MR) is 109 cm³/mol. The van der Waals surface area contributed by atoms with Crippen molar-refractivity contribution in [3.8, 4) is 0 Å². The Morgan fingerprint density at radius 1 is 1.04 bits per heavy atom. The smallest absolute Gasteiger partial charge is 0.243 e. The molecule has 5 nitrogen and oxygen atoms in total. The van der Waals surface area contributed by atoms with E-state index >= 15 is 0 Å². The maximum Gasteiger partial charge on any atom is 0.243 e. The zero-order chi connectivity index (χ0) is 19.8. The third kappa shape index (κ3) is 5.91.